The van der Waals surface area contributed by atoms with Gasteiger partial charge in [0.1, 0.15) is 0 Å². The molecule has 0 aliphatic carbocycles. The smallest absolute Gasteiger partial charge is 0.209 e. The van der Waals surface area contributed by atoms with Gasteiger partial charge >= 0.3 is 0 Å². The third-order valence-corrected chi connectivity index (χ3v) is 4.17. The van der Waals surface area contributed by atoms with Crippen LogP contribution in [0.25, 0.3) is 10.7 Å². The van der Waals surface area contributed by atoms with Crippen molar-refractivity contribution in [3.63, 3.8) is 0 Å². The lowest BCUT2D eigenvalue weighted by Gasteiger charge is -1.94. The van der Waals surface area contributed by atoms with E-state index in [9.17, 15) is 4.79 Å². The van der Waals surface area contributed by atoms with Crippen LogP contribution in [0, 0.1) is 0 Å². The predicted octanol–water partition coefficient (Wildman–Crippen LogP) is 2.84. The third kappa shape index (κ3) is 2.77. The molecule has 3 heterocycles. The van der Waals surface area contributed by atoms with Crippen LogP contribution in [0.3, 0.4) is 0 Å². The van der Waals surface area contributed by atoms with Crippen molar-refractivity contribution in [2.45, 2.75) is 5.16 Å². The van der Waals surface area contributed by atoms with Crippen LogP contribution in [0.2, 0.25) is 0 Å². The molecular formula is C12H10N4OS2. The Morgan fingerprint density at radius 1 is 1.37 bits per heavy atom. The Hall–Kier alpha value is -1.86. The number of thioether (sulfide) groups is 1. The molecule has 0 atom stereocenters. The second-order valence-electron chi connectivity index (χ2n) is 3.74. The lowest BCUT2D eigenvalue weighted by Crippen LogP contribution is -2.02. The Morgan fingerprint density at radius 3 is 3.05 bits per heavy atom. The number of thiophene rings is 1. The first-order chi connectivity index (χ1) is 9.33. The molecule has 19 heavy (non-hydrogen) atoms. The molecule has 0 fully saturated rings. The van der Waals surface area contributed by atoms with E-state index < -0.39 is 0 Å². The predicted molar refractivity (Wildman–Crippen MR) is 75.5 cm³/mol. The normalized spacial score (nSPS) is 10.7. The van der Waals surface area contributed by atoms with E-state index in [1.807, 2.05) is 17.5 Å². The maximum atomic E-state index is 11.8. The van der Waals surface area contributed by atoms with Crippen LogP contribution in [0.1, 0.15) is 10.5 Å². The van der Waals surface area contributed by atoms with Gasteiger partial charge < -0.3 is 4.98 Å². The summed E-state index contributed by atoms with van der Waals surface area (Å²) in [5.41, 5.74) is 0.613. The molecule has 3 rings (SSSR count). The molecule has 7 heteroatoms. The maximum absolute atomic E-state index is 11.8. The van der Waals surface area contributed by atoms with Gasteiger partial charge in [0.25, 0.3) is 0 Å². The zero-order valence-corrected chi connectivity index (χ0v) is 11.4. The molecule has 0 bridgehead atoms. The fourth-order valence-electron chi connectivity index (χ4n) is 1.55. The average molecular weight is 290 g/mol. The number of carbonyl (C=O) groups is 1. The summed E-state index contributed by atoms with van der Waals surface area (Å²) in [6.07, 6.45) is 1.74. The van der Waals surface area contributed by atoms with Crippen molar-refractivity contribution in [3.8, 4) is 10.7 Å². The van der Waals surface area contributed by atoms with Crippen molar-refractivity contribution in [1.29, 1.82) is 0 Å². The van der Waals surface area contributed by atoms with Gasteiger partial charge in [-0.1, -0.05) is 17.8 Å². The molecule has 96 valence electrons. The van der Waals surface area contributed by atoms with E-state index in [1.165, 1.54) is 11.8 Å². The van der Waals surface area contributed by atoms with Gasteiger partial charge in [0.05, 0.1) is 16.3 Å². The number of Topliss-reactive ketones (excluding diaryl/α,β-unsaturated/α-hetero) is 1. The lowest BCUT2D eigenvalue weighted by atomic mass is 10.3. The highest BCUT2D eigenvalue weighted by molar-refractivity contribution is 7.99. The van der Waals surface area contributed by atoms with Crippen LogP contribution >= 0.6 is 23.1 Å². The van der Waals surface area contributed by atoms with Crippen molar-refractivity contribution in [2.24, 2.45) is 0 Å². The van der Waals surface area contributed by atoms with E-state index in [0.29, 0.717) is 16.6 Å². The van der Waals surface area contributed by atoms with Crippen LogP contribution in [0.4, 0.5) is 0 Å². The van der Waals surface area contributed by atoms with Crippen LogP contribution in [0.5, 0.6) is 0 Å². The molecule has 3 aromatic rings. The number of nitrogens with one attached hydrogen (secondary N) is 2. The summed E-state index contributed by atoms with van der Waals surface area (Å²) >= 11 is 2.92. The summed E-state index contributed by atoms with van der Waals surface area (Å²) in [4.78, 5) is 20.1. The molecule has 5 nitrogen and oxygen atoms in total. The minimum Gasteiger partial charge on any atom is -0.359 e. The topological polar surface area (TPSA) is 74.4 Å². The highest BCUT2D eigenvalue weighted by Crippen LogP contribution is 2.23. The number of hydrogen-bond donors (Lipinski definition) is 2. The zero-order valence-electron chi connectivity index (χ0n) is 9.79. The largest absolute Gasteiger partial charge is 0.359 e. The molecule has 0 amide bonds. The number of hydrogen-bond acceptors (Lipinski definition) is 5. The molecule has 0 unspecified atom stereocenters. The summed E-state index contributed by atoms with van der Waals surface area (Å²) in [6, 6.07) is 7.51. The second-order valence-corrected chi connectivity index (χ2v) is 5.63. The third-order valence-electron chi connectivity index (χ3n) is 2.45. The molecule has 0 saturated heterocycles. The minimum absolute atomic E-state index is 0.0393. The van der Waals surface area contributed by atoms with Crippen molar-refractivity contribution >= 4 is 28.9 Å². The van der Waals surface area contributed by atoms with E-state index in [2.05, 4.69) is 20.2 Å². The fourth-order valence-corrected chi connectivity index (χ4v) is 2.89. The van der Waals surface area contributed by atoms with E-state index in [0.717, 1.165) is 10.7 Å². The average Bonchev–Trinajstić information content (AvgIpc) is 3.14. The van der Waals surface area contributed by atoms with Crippen molar-refractivity contribution < 1.29 is 4.79 Å². The molecule has 0 radical (unpaired) electrons. The number of ketones is 1. The summed E-state index contributed by atoms with van der Waals surface area (Å²) in [5.74, 6) is 1.10. The zero-order chi connectivity index (χ0) is 13.1. The molecule has 0 aromatic carbocycles. The van der Waals surface area contributed by atoms with Gasteiger partial charge in [-0.2, -0.15) is 0 Å². The Labute approximate surface area is 117 Å². The van der Waals surface area contributed by atoms with Gasteiger partial charge in [-0.15, -0.1) is 16.4 Å². The molecular weight excluding hydrogens is 280 g/mol. The number of carbonyl (C=O) groups excluding carboxylic acids is 1. The van der Waals surface area contributed by atoms with Crippen LogP contribution in [0.15, 0.2) is 41.0 Å². The Kier molecular flexibility index (Phi) is 3.47. The van der Waals surface area contributed by atoms with Crippen molar-refractivity contribution in [3.05, 3.63) is 41.5 Å². The number of aromatic amines is 2. The maximum Gasteiger partial charge on any atom is 0.209 e. The van der Waals surface area contributed by atoms with Crippen LogP contribution < -0.4 is 0 Å². The van der Waals surface area contributed by atoms with Gasteiger partial charge in [-0.25, -0.2) is 4.98 Å². The van der Waals surface area contributed by atoms with Crippen molar-refractivity contribution in [1.82, 2.24) is 20.2 Å². The quantitative estimate of drug-likeness (QED) is 0.559. The first-order valence-corrected chi connectivity index (χ1v) is 7.45. The number of nitrogens with zero attached hydrogens (tertiary/aromatic N) is 2. The Morgan fingerprint density at radius 2 is 2.32 bits per heavy atom. The SMILES string of the molecule is O=C(CSc1n[nH]c(-c2cccs2)n1)c1ccc[nH]1. The number of rotatable bonds is 5. The van der Waals surface area contributed by atoms with Crippen LogP contribution in [-0.2, 0) is 0 Å². The summed E-state index contributed by atoms with van der Waals surface area (Å²) < 4.78 is 0. The van der Waals surface area contributed by atoms with Gasteiger partial charge in [0, 0.05) is 6.20 Å². The minimum atomic E-state index is 0.0393. The van der Waals surface area contributed by atoms with Crippen LogP contribution in [-0.4, -0.2) is 31.7 Å². The van der Waals surface area contributed by atoms with E-state index in [1.54, 1.807) is 29.7 Å². The van der Waals surface area contributed by atoms with Gasteiger partial charge in [-0.3, -0.25) is 9.89 Å². The summed E-state index contributed by atoms with van der Waals surface area (Å²) in [6.45, 7) is 0. The highest BCUT2D eigenvalue weighted by atomic mass is 32.2. The fraction of sp³-hybridized carbons (Fsp3) is 0.0833. The van der Waals surface area contributed by atoms with Gasteiger partial charge in [0.2, 0.25) is 5.16 Å². The number of H-pyrrole nitrogens is 2. The van der Waals surface area contributed by atoms with E-state index in [4.69, 9.17) is 0 Å². The first-order valence-electron chi connectivity index (χ1n) is 5.58. The molecule has 0 aliphatic rings. The van der Waals surface area contributed by atoms with E-state index >= 15 is 0 Å². The molecule has 0 saturated carbocycles. The summed E-state index contributed by atoms with van der Waals surface area (Å²) in [5, 5.41) is 9.54. The van der Waals surface area contributed by atoms with E-state index in [-0.39, 0.29) is 5.78 Å². The molecule has 0 aliphatic heterocycles. The monoisotopic (exact) mass is 290 g/mol. The van der Waals surface area contributed by atoms with Gasteiger partial charge in [0.15, 0.2) is 11.6 Å². The first kappa shape index (κ1) is 12.2. The molecule has 0 spiro atoms. The number of aromatic nitrogens is 4. The highest BCUT2D eigenvalue weighted by Gasteiger charge is 2.11. The van der Waals surface area contributed by atoms with Crippen molar-refractivity contribution in [2.75, 3.05) is 5.75 Å². The summed E-state index contributed by atoms with van der Waals surface area (Å²) in [7, 11) is 0. The Bertz CT molecular complexity index is 658. The standard InChI is InChI=1S/C12H10N4OS2/c17-9(8-3-1-5-13-8)7-19-12-14-11(15-16-12)10-4-2-6-18-10/h1-6,13H,7H2,(H,14,15,16). The van der Waals surface area contributed by atoms with Gasteiger partial charge in [-0.05, 0) is 23.6 Å². The second kappa shape index (κ2) is 5.41. The molecule has 2 N–H and O–H groups in total. The molecule has 3 aromatic heterocycles. The Balaban J connectivity index is 1.63. The lowest BCUT2D eigenvalue weighted by molar-refractivity contribution is 0.101.